The van der Waals surface area contributed by atoms with E-state index in [-0.39, 0.29) is 23.9 Å². The Morgan fingerprint density at radius 1 is 1.26 bits per heavy atom. The first-order chi connectivity index (χ1) is 11.1. The maximum absolute atomic E-state index is 12.7. The molecule has 2 amide bonds. The van der Waals surface area contributed by atoms with Gasteiger partial charge in [-0.3, -0.25) is 14.3 Å². The lowest BCUT2D eigenvalue weighted by Gasteiger charge is -2.33. The number of rotatable bonds is 1. The Bertz CT molecular complexity index is 851. The van der Waals surface area contributed by atoms with Crippen LogP contribution in [0, 0.1) is 0 Å². The lowest BCUT2D eigenvalue weighted by atomic mass is 10.1. The molecule has 6 heteroatoms. The number of hydrogen-bond acceptors (Lipinski definition) is 3. The molecule has 0 spiro atoms. The third-order valence-electron chi connectivity index (χ3n) is 4.77. The largest absolute Gasteiger partial charge is 0.339 e. The predicted molar refractivity (Wildman–Crippen MR) is 87.5 cm³/mol. The second kappa shape index (κ2) is 4.87. The number of para-hydroxylation sites is 1. The molecule has 2 saturated heterocycles. The van der Waals surface area contributed by atoms with Gasteiger partial charge in [-0.25, -0.2) is 0 Å². The number of nitrogens with one attached hydrogen (secondary N) is 1. The van der Waals surface area contributed by atoms with Gasteiger partial charge in [0.2, 0.25) is 5.91 Å². The number of nitrogen functional groups attached to an aromatic ring is 1. The Morgan fingerprint density at radius 3 is 2.87 bits per heavy atom. The number of amides is 2. The molecular formula is C17H18N4O2. The molecule has 23 heavy (non-hydrogen) atoms. The zero-order chi connectivity index (χ0) is 16.1. The minimum atomic E-state index is -0.328. The van der Waals surface area contributed by atoms with Gasteiger partial charge in [-0.1, -0.05) is 18.2 Å². The Kier molecular flexibility index (Phi) is 2.94. The average Bonchev–Trinajstić information content (AvgIpc) is 3.07. The van der Waals surface area contributed by atoms with Crippen molar-refractivity contribution in [2.24, 2.45) is 0 Å². The third kappa shape index (κ3) is 2.02. The molecule has 2 fully saturated rings. The van der Waals surface area contributed by atoms with E-state index in [0.717, 1.165) is 29.3 Å². The summed E-state index contributed by atoms with van der Waals surface area (Å²) in [4.78, 5) is 26.7. The maximum Gasteiger partial charge on any atom is 0.271 e. The molecule has 1 aromatic heterocycles. The molecule has 2 aromatic rings. The van der Waals surface area contributed by atoms with Crippen molar-refractivity contribution < 1.29 is 9.59 Å². The smallest absolute Gasteiger partial charge is 0.271 e. The highest BCUT2D eigenvalue weighted by Crippen LogP contribution is 2.30. The van der Waals surface area contributed by atoms with Gasteiger partial charge in [0.25, 0.3) is 5.91 Å². The molecular weight excluding hydrogens is 292 g/mol. The maximum atomic E-state index is 12.7. The first kappa shape index (κ1) is 13.9. The van der Waals surface area contributed by atoms with Gasteiger partial charge in [-0.2, -0.15) is 0 Å². The SMILES string of the molecule is CC1CCC2C(=O)N/C(=C\c3cn(N)c4ccccc34)C(=O)N12. The molecule has 0 saturated carbocycles. The number of nitrogens with zero attached hydrogens (tertiary/aromatic N) is 2. The Balaban J connectivity index is 1.78. The van der Waals surface area contributed by atoms with Crippen molar-refractivity contribution in [2.45, 2.75) is 31.8 Å². The van der Waals surface area contributed by atoms with Gasteiger partial charge in [-0.05, 0) is 31.9 Å². The van der Waals surface area contributed by atoms with Crippen molar-refractivity contribution in [2.75, 3.05) is 5.84 Å². The zero-order valence-electron chi connectivity index (χ0n) is 12.8. The summed E-state index contributed by atoms with van der Waals surface area (Å²) in [5.74, 6) is 5.74. The van der Waals surface area contributed by atoms with E-state index < -0.39 is 0 Å². The molecule has 2 atom stereocenters. The van der Waals surface area contributed by atoms with Gasteiger partial charge in [0.05, 0.1) is 5.52 Å². The van der Waals surface area contributed by atoms with Crippen molar-refractivity contribution in [3.63, 3.8) is 0 Å². The number of benzene rings is 1. The molecule has 2 aliphatic rings. The fourth-order valence-corrected chi connectivity index (χ4v) is 3.59. The van der Waals surface area contributed by atoms with Crippen LogP contribution in [0.5, 0.6) is 0 Å². The highest BCUT2D eigenvalue weighted by Gasteiger charge is 2.44. The lowest BCUT2D eigenvalue weighted by Crippen LogP contribution is -2.55. The first-order valence-electron chi connectivity index (χ1n) is 7.76. The van der Waals surface area contributed by atoms with Crippen LogP contribution < -0.4 is 11.2 Å². The molecule has 3 N–H and O–H groups in total. The van der Waals surface area contributed by atoms with Gasteiger partial charge in [0.15, 0.2) is 0 Å². The Morgan fingerprint density at radius 2 is 2.04 bits per heavy atom. The average molecular weight is 310 g/mol. The molecule has 0 bridgehead atoms. The summed E-state index contributed by atoms with van der Waals surface area (Å²) in [6.07, 6.45) is 5.07. The fourth-order valence-electron chi connectivity index (χ4n) is 3.59. The number of carbonyl (C=O) groups excluding carboxylic acids is 2. The molecule has 2 unspecified atom stereocenters. The van der Waals surface area contributed by atoms with E-state index in [1.807, 2.05) is 31.2 Å². The molecule has 4 rings (SSSR count). The molecule has 118 valence electrons. The van der Waals surface area contributed by atoms with Crippen LogP contribution in [0.25, 0.3) is 17.0 Å². The lowest BCUT2D eigenvalue weighted by molar-refractivity contribution is -0.141. The summed E-state index contributed by atoms with van der Waals surface area (Å²) in [6, 6.07) is 7.46. The summed E-state index contributed by atoms with van der Waals surface area (Å²) >= 11 is 0. The highest BCUT2D eigenvalue weighted by atomic mass is 16.2. The topological polar surface area (TPSA) is 80.4 Å². The van der Waals surface area contributed by atoms with E-state index in [9.17, 15) is 9.59 Å². The van der Waals surface area contributed by atoms with Crippen LogP contribution >= 0.6 is 0 Å². The zero-order valence-corrected chi connectivity index (χ0v) is 12.8. The van der Waals surface area contributed by atoms with E-state index in [1.165, 1.54) is 4.68 Å². The molecule has 6 nitrogen and oxygen atoms in total. The summed E-state index contributed by atoms with van der Waals surface area (Å²) < 4.78 is 1.53. The second-order valence-electron chi connectivity index (χ2n) is 6.21. The number of aromatic nitrogens is 1. The van der Waals surface area contributed by atoms with E-state index in [2.05, 4.69) is 5.32 Å². The molecule has 1 aromatic carbocycles. The monoisotopic (exact) mass is 310 g/mol. The first-order valence-corrected chi connectivity index (χ1v) is 7.76. The van der Waals surface area contributed by atoms with Crippen molar-refractivity contribution in [3.05, 3.63) is 41.7 Å². The highest BCUT2D eigenvalue weighted by molar-refractivity contribution is 6.08. The van der Waals surface area contributed by atoms with Gasteiger partial charge in [0.1, 0.15) is 11.7 Å². The van der Waals surface area contributed by atoms with E-state index in [1.54, 1.807) is 17.2 Å². The van der Waals surface area contributed by atoms with Crippen LogP contribution in [-0.4, -0.2) is 33.5 Å². The summed E-state index contributed by atoms with van der Waals surface area (Å²) in [5.41, 5.74) is 2.01. The van der Waals surface area contributed by atoms with Crippen LogP contribution in [0.3, 0.4) is 0 Å². The van der Waals surface area contributed by atoms with Crippen LogP contribution in [0.15, 0.2) is 36.2 Å². The van der Waals surface area contributed by atoms with Crippen LogP contribution in [0.1, 0.15) is 25.3 Å². The van der Waals surface area contributed by atoms with Crippen molar-refractivity contribution in [3.8, 4) is 0 Å². The normalized spacial score (nSPS) is 26.0. The summed E-state index contributed by atoms with van der Waals surface area (Å²) in [6.45, 7) is 1.99. The standard InChI is InChI=1S/C17H18N4O2/c1-10-6-7-15-16(22)19-13(17(23)21(10)15)8-11-9-20(18)14-5-3-2-4-12(11)14/h2-5,8-10,15H,6-7,18H2,1H3,(H,19,22)/b13-8-. The van der Waals surface area contributed by atoms with Crippen LogP contribution in [-0.2, 0) is 9.59 Å². The van der Waals surface area contributed by atoms with Crippen LogP contribution in [0.4, 0.5) is 0 Å². The van der Waals surface area contributed by atoms with Crippen molar-refractivity contribution in [1.29, 1.82) is 0 Å². The van der Waals surface area contributed by atoms with Gasteiger partial charge in [0, 0.05) is 23.2 Å². The third-order valence-corrected chi connectivity index (χ3v) is 4.77. The van der Waals surface area contributed by atoms with E-state index >= 15 is 0 Å². The number of carbonyl (C=O) groups is 2. The van der Waals surface area contributed by atoms with E-state index in [0.29, 0.717) is 5.70 Å². The van der Waals surface area contributed by atoms with Crippen molar-refractivity contribution >= 4 is 28.8 Å². The Labute approximate surface area is 133 Å². The number of nitrogens with two attached hydrogens (primary N) is 1. The fraction of sp³-hybridized carbons (Fsp3) is 0.294. The van der Waals surface area contributed by atoms with Gasteiger partial charge in [-0.15, -0.1) is 0 Å². The summed E-state index contributed by atoms with van der Waals surface area (Å²) in [5, 5.41) is 3.71. The second-order valence-corrected chi connectivity index (χ2v) is 6.21. The van der Waals surface area contributed by atoms with Crippen LogP contribution in [0.2, 0.25) is 0 Å². The number of fused-ring (bicyclic) bond motifs is 2. The van der Waals surface area contributed by atoms with Gasteiger partial charge >= 0.3 is 0 Å². The van der Waals surface area contributed by atoms with Crippen molar-refractivity contribution in [1.82, 2.24) is 14.9 Å². The molecule has 0 radical (unpaired) electrons. The summed E-state index contributed by atoms with van der Waals surface area (Å²) in [7, 11) is 0. The molecule has 2 aliphatic heterocycles. The molecule has 3 heterocycles. The van der Waals surface area contributed by atoms with Gasteiger partial charge < -0.3 is 16.1 Å². The number of piperazine rings is 1. The Hall–Kier alpha value is -2.76. The minimum Gasteiger partial charge on any atom is -0.339 e. The molecule has 0 aliphatic carbocycles. The predicted octanol–water partition coefficient (Wildman–Crippen LogP) is 1.21. The quantitative estimate of drug-likeness (QED) is 0.613. The number of hydrogen-bond donors (Lipinski definition) is 2. The van der Waals surface area contributed by atoms with E-state index in [4.69, 9.17) is 5.84 Å². The minimum absolute atomic E-state index is 0.0952.